The van der Waals surface area contributed by atoms with E-state index in [0.717, 1.165) is 29.3 Å². The second-order valence-electron chi connectivity index (χ2n) is 3.58. The Labute approximate surface area is 104 Å². The van der Waals surface area contributed by atoms with Crippen LogP contribution in [0.2, 0.25) is 0 Å². The lowest BCUT2D eigenvalue weighted by atomic mass is 10.4. The van der Waals surface area contributed by atoms with Crippen molar-refractivity contribution in [2.75, 3.05) is 12.0 Å². The van der Waals surface area contributed by atoms with Crippen LogP contribution in [0, 0.1) is 0 Å². The maximum Gasteiger partial charge on any atom is 0.160 e. The zero-order valence-corrected chi connectivity index (χ0v) is 10.9. The Hall–Kier alpha value is -0.740. The van der Waals surface area contributed by atoms with Crippen LogP contribution in [-0.2, 0) is 6.54 Å². The van der Waals surface area contributed by atoms with Gasteiger partial charge in [0.2, 0.25) is 0 Å². The number of hydrogen-bond acceptors (Lipinski definition) is 3. The molecule has 0 aliphatic rings. The molecule has 2 heterocycles. The third-order valence-electron chi connectivity index (χ3n) is 2.41. The van der Waals surface area contributed by atoms with Crippen LogP contribution >= 0.6 is 23.4 Å². The number of pyridine rings is 1. The molecule has 0 radical (unpaired) electrons. The van der Waals surface area contributed by atoms with Crippen LogP contribution in [0.4, 0.5) is 0 Å². The van der Waals surface area contributed by atoms with Crippen molar-refractivity contribution in [2.24, 2.45) is 0 Å². The minimum atomic E-state index is -0.0870. The molecule has 0 aromatic carbocycles. The monoisotopic (exact) mass is 255 g/mol. The van der Waals surface area contributed by atoms with E-state index in [1.54, 1.807) is 6.20 Å². The maximum atomic E-state index is 6.14. The van der Waals surface area contributed by atoms with Gasteiger partial charge >= 0.3 is 0 Å². The summed E-state index contributed by atoms with van der Waals surface area (Å²) in [4.78, 5) is 8.89. The van der Waals surface area contributed by atoms with E-state index in [2.05, 4.69) is 20.8 Å². The predicted molar refractivity (Wildman–Crippen MR) is 70.2 cm³/mol. The van der Waals surface area contributed by atoms with Crippen molar-refractivity contribution in [3.05, 3.63) is 24.2 Å². The van der Waals surface area contributed by atoms with E-state index in [-0.39, 0.29) is 5.38 Å². The van der Waals surface area contributed by atoms with Crippen molar-refractivity contribution in [2.45, 2.75) is 18.8 Å². The van der Waals surface area contributed by atoms with Gasteiger partial charge in [0.1, 0.15) is 11.3 Å². The molecule has 1 unspecified atom stereocenters. The smallest absolute Gasteiger partial charge is 0.160 e. The van der Waals surface area contributed by atoms with E-state index in [1.165, 1.54) is 0 Å². The molecule has 0 spiro atoms. The Balaban J connectivity index is 2.51. The van der Waals surface area contributed by atoms with Crippen molar-refractivity contribution in [1.82, 2.24) is 14.5 Å². The summed E-state index contributed by atoms with van der Waals surface area (Å²) < 4.78 is 2.11. The van der Waals surface area contributed by atoms with E-state index >= 15 is 0 Å². The number of hydrogen-bond donors (Lipinski definition) is 0. The molecule has 3 nitrogen and oxygen atoms in total. The largest absolute Gasteiger partial charge is 0.311 e. The Morgan fingerprint density at radius 1 is 1.56 bits per heavy atom. The fourth-order valence-electron chi connectivity index (χ4n) is 1.68. The molecule has 0 amide bonds. The van der Waals surface area contributed by atoms with Crippen molar-refractivity contribution >= 4 is 34.5 Å². The van der Waals surface area contributed by atoms with Crippen molar-refractivity contribution in [1.29, 1.82) is 0 Å². The third kappa shape index (κ3) is 2.18. The van der Waals surface area contributed by atoms with Gasteiger partial charge in [0.05, 0.1) is 5.38 Å². The highest BCUT2D eigenvalue weighted by Gasteiger charge is 2.14. The fraction of sp³-hybridized carbons (Fsp3) is 0.455. The van der Waals surface area contributed by atoms with Gasteiger partial charge in [-0.15, -0.1) is 11.6 Å². The highest BCUT2D eigenvalue weighted by atomic mass is 35.5. The minimum absolute atomic E-state index is 0.0870. The van der Waals surface area contributed by atoms with Crippen LogP contribution in [0.5, 0.6) is 0 Å². The lowest BCUT2D eigenvalue weighted by Gasteiger charge is -2.08. The minimum Gasteiger partial charge on any atom is -0.311 e. The number of fused-ring (bicyclic) bond motifs is 1. The van der Waals surface area contributed by atoms with Gasteiger partial charge < -0.3 is 4.57 Å². The third-order valence-corrected chi connectivity index (χ3v) is 3.19. The number of imidazole rings is 1. The van der Waals surface area contributed by atoms with Crippen LogP contribution in [0.3, 0.4) is 0 Å². The predicted octanol–water partition coefficient (Wildman–Crippen LogP) is 3.09. The lowest BCUT2D eigenvalue weighted by molar-refractivity contribution is 0.717. The number of alkyl halides is 1. The molecular formula is C11H14ClN3S. The van der Waals surface area contributed by atoms with Gasteiger partial charge in [-0.05, 0) is 25.3 Å². The first-order valence-electron chi connectivity index (χ1n) is 5.18. The van der Waals surface area contributed by atoms with Gasteiger partial charge in [0.15, 0.2) is 5.65 Å². The number of nitrogens with zero attached hydrogens (tertiary/aromatic N) is 3. The Kier molecular flexibility index (Phi) is 3.71. The second-order valence-corrected chi connectivity index (χ2v) is 5.22. The number of halogens is 1. The molecule has 1 atom stereocenters. The molecule has 2 aromatic heterocycles. The summed E-state index contributed by atoms with van der Waals surface area (Å²) in [6.45, 7) is 2.85. The molecule has 2 aromatic rings. The molecular weight excluding hydrogens is 242 g/mol. The average molecular weight is 256 g/mol. The number of rotatable bonds is 4. The van der Waals surface area contributed by atoms with E-state index in [1.807, 2.05) is 30.8 Å². The molecule has 0 aliphatic carbocycles. The maximum absolute atomic E-state index is 6.14. The average Bonchev–Trinajstić information content (AvgIpc) is 2.65. The second kappa shape index (κ2) is 5.06. The molecule has 0 saturated heterocycles. The first kappa shape index (κ1) is 11.7. The number of aryl methyl sites for hydroxylation is 1. The molecule has 0 N–H and O–H groups in total. The van der Waals surface area contributed by atoms with Gasteiger partial charge in [-0.3, -0.25) is 0 Å². The van der Waals surface area contributed by atoms with E-state index in [4.69, 9.17) is 11.6 Å². The summed E-state index contributed by atoms with van der Waals surface area (Å²) in [5.41, 5.74) is 1.85. The molecule has 2 rings (SSSR count). The zero-order chi connectivity index (χ0) is 11.5. The summed E-state index contributed by atoms with van der Waals surface area (Å²) >= 11 is 7.95. The van der Waals surface area contributed by atoms with E-state index in [0.29, 0.717) is 0 Å². The van der Waals surface area contributed by atoms with Crippen LogP contribution in [-0.4, -0.2) is 26.5 Å². The summed E-state index contributed by atoms with van der Waals surface area (Å²) in [6, 6.07) is 3.87. The molecule has 86 valence electrons. The fourth-order valence-corrected chi connectivity index (χ4v) is 2.21. The molecule has 5 heteroatoms. The SMILES string of the molecule is CSCCn1c(C(C)Cl)nc2cccnc21. The Morgan fingerprint density at radius 2 is 2.38 bits per heavy atom. The molecule has 0 aliphatic heterocycles. The highest BCUT2D eigenvalue weighted by molar-refractivity contribution is 7.98. The molecule has 0 fully saturated rings. The number of thioether (sulfide) groups is 1. The van der Waals surface area contributed by atoms with Crippen molar-refractivity contribution in [3.63, 3.8) is 0 Å². The summed E-state index contributed by atoms with van der Waals surface area (Å²) in [5, 5.41) is -0.0870. The summed E-state index contributed by atoms with van der Waals surface area (Å²) in [7, 11) is 0. The van der Waals surface area contributed by atoms with E-state index < -0.39 is 0 Å². The van der Waals surface area contributed by atoms with Crippen LogP contribution in [0.1, 0.15) is 18.1 Å². The van der Waals surface area contributed by atoms with Gasteiger partial charge in [-0.1, -0.05) is 0 Å². The summed E-state index contributed by atoms with van der Waals surface area (Å²) in [6.07, 6.45) is 3.89. The van der Waals surface area contributed by atoms with Crippen molar-refractivity contribution in [3.8, 4) is 0 Å². The highest BCUT2D eigenvalue weighted by Crippen LogP contribution is 2.23. The lowest BCUT2D eigenvalue weighted by Crippen LogP contribution is -2.06. The Bertz CT molecular complexity index is 481. The van der Waals surface area contributed by atoms with E-state index in [9.17, 15) is 0 Å². The standard InChI is InChI=1S/C11H14ClN3S/c1-8(12)10-14-9-4-3-5-13-11(9)15(10)6-7-16-2/h3-5,8H,6-7H2,1-2H3. The topological polar surface area (TPSA) is 30.7 Å². The molecule has 16 heavy (non-hydrogen) atoms. The van der Waals surface area contributed by atoms with Crippen LogP contribution in [0.15, 0.2) is 18.3 Å². The number of aromatic nitrogens is 3. The summed E-state index contributed by atoms with van der Waals surface area (Å²) in [5.74, 6) is 1.95. The molecule has 0 saturated carbocycles. The zero-order valence-electron chi connectivity index (χ0n) is 9.35. The first-order valence-corrected chi connectivity index (χ1v) is 7.01. The van der Waals surface area contributed by atoms with Crippen LogP contribution in [0.25, 0.3) is 11.2 Å². The Morgan fingerprint density at radius 3 is 3.06 bits per heavy atom. The normalized spacial score (nSPS) is 13.2. The molecule has 0 bridgehead atoms. The first-order chi connectivity index (χ1) is 7.74. The van der Waals surface area contributed by atoms with Gasteiger partial charge in [0, 0.05) is 18.5 Å². The van der Waals surface area contributed by atoms with Crippen LogP contribution < -0.4 is 0 Å². The van der Waals surface area contributed by atoms with Gasteiger partial charge in [-0.25, -0.2) is 9.97 Å². The van der Waals surface area contributed by atoms with Gasteiger partial charge in [0.25, 0.3) is 0 Å². The quantitative estimate of drug-likeness (QED) is 0.787. The van der Waals surface area contributed by atoms with Gasteiger partial charge in [-0.2, -0.15) is 11.8 Å². The van der Waals surface area contributed by atoms with Crippen molar-refractivity contribution < 1.29 is 0 Å².